The Bertz CT molecular complexity index is 1280. The van der Waals surface area contributed by atoms with Crippen molar-refractivity contribution < 1.29 is 25.2 Å². The molecule has 2 aromatic carbocycles. The van der Waals surface area contributed by atoms with Crippen LogP contribution in [0.2, 0.25) is 0 Å². The van der Waals surface area contributed by atoms with Crippen LogP contribution in [0.3, 0.4) is 0 Å². The first kappa shape index (κ1) is 26.3. The smallest absolute Gasteiger partial charge is 0.170 e. The topological polar surface area (TPSA) is 98.0 Å². The molecule has 0 aliphatic heterocycles. The Kier molecular flexibility index (Phi) is 7.61. The van der Waals surface area contributed by atoms with Crippen LogP contribution in [0.1, 0.15) is 68.7 Å². The molecule has 0 unspecified atom stereocenters. The minimum atomic E-state index is -1.05. The number of phenolic OH excluding ortho intramolecular Hbond substituents is 2. The maximum absolute atomic E-state index is 13.5. The van der Waals surface area contributed by atoms with Crippen molar-refractivity contribution in [3.05, 3.63) is 76.4 Å². The first-order valence-corrected chi connectivity index (χ1v) is 11.9. The summed E-state index contributed by atoms with van der Waals surface area (Å²) in [7, 11) is 0. The van der Waals surface area contributed by atoms with E-state index in [1.807, 2.05) is 32.9 Å². The molecule has 3 rings (SSSR count). The summed E-state index contributed by atoms with van der Waals surface area (Å²) in [4.78, 5) is 13.5. The molecular formula is C30H36O5. The summed E-state index contributed by atoms with van der Waals surface area (Å²) in [6.07, 6.45) is 5.59. The molecule has 0 aromatic heterocycles. The monoisotopic (exact) mass is 476 g/mol. The van der Waals surface area contributed by atoms with Gasteiger partial charge in [-0.3, -0.25) is 4.79 Å². The number of aromatic hydroxyl groups is 2. The first-order valence-electron chi connectivity index (χ1n) is 11.9. The van der Waals surface area contributed by atoms with Crippen LogP contribution in [0.25, 0.3) is 16.5 Å². The van der Waals surface area contributed by atoms with Crippen molar-refractivity contribution in [1.29, 1.82) is 0 Å². The number of aliphatic hydroxyl groups is 2. The van der Waals surface area contributed by atoms with E-state index in [0.29, 0.717) is 43.1 Å². The maximum Gasteiger partial charge on any atom is 0.170 e. The molecule has 2 aromatic rings. The highest BCUT2D eigenvalue weighted by atomic mass is 16.3. The summed E-state index contributed by atoms with van der Waals surface area (Å²) in [5.41, 5.74) is 3.87. The molecule has 1 aliphatic carbocycles. The summed E-state index contributed by atoms with van der Waals surface area (Å²) in [6, 6.07) is 3.71. The van der Waals surface area contributed by atoms with E-state index in [1.165, 1.54) is 6.08 Å². The van der Waals surface area contributed by atoms with Crippen LogP contribution in [-0.4, -0.2) is 32.8 Å². The zero-order valence-electron chi connectivity index (χ0n) is 21.2. The van der Waals surface area contributed by atoms with Gasteiger partial charge in [-0.2, -0.15) is 0 Å². The zero-order chi connectivity index (χ0) is 26.1. The molecule has 186 valence electrons. The highest BCUT2D eigenvalue weighted by Gasteiger charge is 2.44. The molecule has 35 heavy (non-hydrogen) atoms. The van der Waals surface area contributed by atoms with Crippen LogP contribution in [0, 0.1) is 6.92 Å². The second kappa shape index (κ2) is 10.1. The number of hydrogen-bond acceptors (Lipinski definition) is 5. The molecule has 5 heteroatoms. The molecule has 0 amide bonds. The SMILES string of the molecule is C=C(C)CCc1c(C)cc2cc3c(c(O)c2c1O)C(O)=CC(=O)[C@]3(C/C=C(/C)CO)CCC(=C)C. The molecule has 0 saturated carbocycles. The standard InChI is InChI=1S/C30H36O5/c1-17(2)7-8-22-20(6)13-21-14-23-27(29(35)26(21)28(22)34)24(32)15-25(33)30(23,11-9-18(3)4)12-10-19(5)16-31/h10,13-15,31-32,34-35H,1,3,7-9,11-12,16H2,2,4-6H3/b19-10-/t30-/m0/s1. The highest BCUT2D eigenvalue weighted by Crippen LogP contribution is 2.51. The summed E-state index contributed by atoms with van der Waals surface area (Å²) in [6.45, 7) is 15.3. The van der Waals surface area contributed by atoms with Gasteiger partial charge in [-0.15, -0.1) is 13.2 Å². The lowest BCUT2D eigenvalue weighted by Gasteiger charge is -2.36. The van der Waals surface area contributed by atoms with E-state index in [9.17, 15) is 25.2 Å². The van der Waals surface area contributed by atoms with Gasteiger partial charge < -0.3 is 20.4 Å². The number of phenols is 2. The third-order valence-corrected chi connectivity index (χ3v) is 7.04. The predicted octanol–water partition coefficient (Wildman–Crippen LogP) is 6.47. The Morgan fingerprint density at radius 3 is 2.29 bits per heavy atom. The van der Waals surface area contributed by atoms with Gasteiger partial charge in [0.15, 0.2) is 5.78 Å². The quantitative estimate of drug-likeness (QED) is 0.311. The molecule has 4 N–H and O–H groups in total. The number of aliphatic hydroxyl groups excluding tert-OH is 2. The fourth-order valence-electron chi connectivity index (χ4n) is 4.88. The Morgan fingerprint density at radius 2 is 1.69 bits per heavy atom. The number of benzene rings is 2. The van der Waals surface area contributed by atoms with Crippen molar-refractivity contribution in [2.24, 2.45) is 0 Å². The average molecular weight is 477 g/mol. The second-order valence-electron chi connectivity index (χ2n) is 10.1. The highest BCUT2D eigenvalue weighted by molar-refractivity contribution is 6.10. The molecule has 0 bridgehead atoms. The summed E-state index contributed by atoms with van der Waals surface area (Å²) < 4.78 is 0. The largest absolute Gasteiger partial charge is 0.507 e. The molecule has 0 fully saturated rings. The minimum Gasteiger partial charge on any atom is -0.507 e. The number of aryl methyl sites for hydroxylation is 1. The lowest BCUT2D eigenvalue weighted by Crippen LogP contribution is -2.38. The van der Waals surface area contributed by atoms with E-state index in [1.54, 1.807) is 13.0 Å². The Labute approximate surface area is 207 Å². The molecule has 1 atom stereocenters. The zero-order valence-corrected chi connectivity index (χ0v) is 21.2. The van der Waals surface area contributed by atoms with E-state index >= 15 is 0 Å². The summed E-state index contributed by atoms with van der Waals surface area (Å²) in [5.74, 6) is -0.838. The van der Waals surface area contributed by atoms with Crippen LogP contribution in [0.15, 0.2) is 54.2 Å². The number of ketones is 1. The molecule has 0 saturated heterocycles. The van der Waals surface area contributed by atoms with Gasteiger partial charge in [-0.25, -0.2) is 0 Å². The van der Waals surface area contributed by atoms with Gasteiger partial charge in [-0.1, -0.05) is 28.9 Å². The van der Waals surface area contributed by atoms with E-state index in [2.05, 4.69) is 13.2 Å². The molecule has 0 radical (unpaired) electrons. The lowest BCUT2D eigenvalue weighted by atomic mass is 9.65. The maximum atomic E-state index is 13.5. The van der Waals surface area contributed by atoms with Gasteiger partial charge in [0.1, 0.15) is 17.3 Å². The van der Waals surface area contributed by atoms with Crippen LogP contribution in [-0.2, 0) is 16.6 Å². The minimum absolute atomic E-state index is 0.0187. The Hall–Kier alpha value is -3.31. The van der Waals surface area contributed by atoms with Crippen molar-refractivity contribution in [1.82, 2.24) is 0 Å². The summed E-state index contributed by atoms with van der Waals surface area (Å²) >= 11 is 0. The van der Waals surface area contributed by atoms with Gasteiger partial charge in [0.05, 0.1) is 23.0 Å². The molecule has 5 nitrogen and oxygen atoms in total. The van der Waals surface area contributed by atoms with E-state index in [-0.39, 0.29) is 40.6 Å². The van der Waals surface area contributed by atoms with Gasteiger partial charge in [0, 0.05) is 6.08 Å². The van der Waals surface area contributed by atoms with Crippen molar-refractivity contribution in [3.8, 4) is 11.5 Å². The molecule has 1 aliphatic rings. The van der Waals surface area contributed by atoms with E-state index in [4.69, 9.17) is 0 Å². The summed E-state index contributed by atoms with van der Waals surface area (Å²) in [5, 5.41) is 43.8. The lowest BCUT2D eigenvalue weighted by molar-refractivity contribution is -0.120. The number of allylic oxidation sites excluding steroid dienone is 4. The average Bonchev–Trinajstić information content (AvgIpc) is 2.77. The Balaban J connectivity index is 2.35. The number of fused-ring (bicyclic) bond motifs is 2. The number of rotatable bonds is 9. The third kappa shape index (κ3) is 4.92. The predicted molar refractivity (Wildman–Crippen MR) is 142 cm³/mol. The Morgan fingerprint density at radius 1 is 1.03 bits per heavy atom. The second-order valence-corrected chi connectivity index (χ2v) is 10.1. The normalized spacial score (nSPS) is 17.9. The van der Waals surface area contributed by atoms with Crippen LogP contribution < -0.4 is 0 Å². The molecular weight excluding hydrogens is 440 g/mol. The number of hydrogen-bond donors (Lipinski definition) is 4. The van der Waals surface area contributed by atoms with E-state index in [0.717, 1.165) is 27.8 Å². The van der Waals surface area contributed by atoms with Crippen molar-refractivity contribution >= 4 is 22.3 Å². The van der Waals surface area contributed by atoms with Gasteiger partial charge in [-0.05, 0) is 87.9 Å². The number of carbonyl (C=O) groups is 1. The van der Waals surface area contributed by atoms with Crippen molar-refractivity contribution in [2.45, 2.75) is 65.2 Å². The third-order valence-electron chi connectivity index (χ3n) is 7.04. The fourth-order valence-corrected chi connectivity index (χ4v) is 4.88. The van der Waals surface area contributed by atoms with Crippen LogP contribution in [0.4, 0.5) is 0 Å². The van der Waals surface area contributed by atoms with E-state index < -0.39 is 5.41 Å². The van der Waals surface area contributed by atoms with Gasteiger partial charge in [0.2, 0.25) is 0 Å². The fraction of sp³-hybridized carbons (Fsp3) is 0.367. The number of carbonyl (C=O) groups excluding carboxylic acids is 1. The van der Waals surface area contributed by atoms with Crippen molar-refractivity contribution in [2.75, 3.05) is 6.61 Å². The van der Waals surface area contributed by atoms with Crippen molar-refractivity contribution in [3.63, 3.8) is 0 Å². The molecule has 0 spiro atoms. The first-order chi connectivity index (χ1) is 16.4. The van der Waals surface area contributed by atoms with Gasteiger partial charge >= 0.3 is 0 Å². The van der Waals surface area contributed by atoms with Crippen LogP contribution in [0.5, 0.6) is 11.5 Å². The van der Waals surface area contributed by atoms with Crippen LogP contribution >= 0.6 is 0 Å². The molecule has 0 heterocycles. The van der Waals surface area contributed by atoms with Gasteiger partial charge in [0.25, 0.3) is 0 Å².